The first-order valence-electron chi connectivity index (χ1n) is 11.2. The maximum absolute atomic E-state index is 13.3. The number of hydrogen-bond acceptors (Lipinski definition) is 6. The molecule has 1 saturated heterocycles. The van der Waals surface area contributed by atoms with Gasteiger partial charge >= 0.3 is 6.03 Å². The lowest BCUT2D eigenvalue weighted by molar-refractivity contribution is -0.135. The van der Waals surface area contributed by atoms with Gasteiger partial charge in [0.15, 0.2) is 5.54 Å². The van der Waals surface area contributed by atoms with Crippen molar-refractivity contribution < 1.29 is 19.1 Å². The molecule has 0 saturated carbocycles. The molecule has 1 spiro atoms. The Kier molecular flexibility index (Phi) is 5.00. The summed E-state index contributed by atoms with van der Waals surface area (Å²) >= 11 is 1.60. The zero-order chi connectivity index (χ0) is 24.0. The Bertz CT molecular complexity index is 1450. The summed E-state index contributed by atoms with van der Waals surface area (Å²) in [6.07, 6.45) is 0.305. The van der Waals surface area contributed by atoms with Crippen molar-refractivity contribution in [1.82, 2.24) is 15.2 Å². The first kappa shape index (κ1) is 21.3. The van der Waals surface area contributed by atoms with E-state index in [-0.39, 0.29) is 6.54 Å². The number of amides is 4. The lowest BCUT2D eigenvalue weighted by atomic mass is 9.84. The molecule has 3 heterocycles. The van der Waals surface area contributed by atoms with Crippen LogP contribution in [0.2, 0.25) is 0 Å². The fourth-order valence-corrected chi connectivity index (χ4v) is 5.52. The molecule has 9 heteroatoms. The third kappa shape index (κ3) is 3.60. The van der Waals surface area contributed by atoms with Crippen LogP contribution in [-0.4, -0.2) is 40.9 Å². The number of anilines is 1. The molecule has 1 unspecified atom stereocenters. The Morgan fingerprint density at radius 1 is 1.06 bits per heavy atom. The van der Waals surface area contributed by atoms with Crippen LogP contribution in [0.25, 0.3) is 20.8 Å². The summed E-state index contributed by atoms with van der Waals surface area (Å²) in [5.74, 6) is -0.342. The molecule has 0 bridgehead atoms. The van der Waals surface area contributed by atoms with Gasteiger partial charge in [-0.15, -0.1) is 11.3 Å². The number of urea groups is 1. The number of para-hydroxylation sites is 2. The minimum absolute atomic E-state index is 0.296. The molecule has 4 aromatic rings. The van der Waals surface area contributed by atoms with Crippen molar-refractivity contribution in [3.63, 3.8) is 0 Å². The predicted octanol–water partition coefficient (Wildman–Crippen LogP) is 4.13. The van der Waals surface area contributed by atoms with Gasteiger partial charge in [-0.3, -0.25) is 14.5 Å². The number of imide groups is 1. The molecule has 1 fully saturated rings. The van der Waals surface area contributed by atoms with E-state index >= 15 is 0 Å². The zero-order valence-corrected chi connectivity index (χ0v) is 19.3. The van der Waals surface area contributed by atoms with Gasteiger partial charge in [0.2, 0.25) is 5.91 Å². The summed E-state index contributed by atoms with van der Waals surface area (Å²) < 4.78 is 6.75. The number of carbonyl (C=O) groups excluding carboxylic acids is 3. The molecular weight excluding hydrogens is 464 g/mol. The molecule has 35 heavy (non-hydrogen) atoms. The largest absolute Gasteiger partial charge is 0.493 e. The first-order valence-corrected chi connectivity index (χ1v) is 12.0. The summed E-state index contributed by atoms with van der Waals surface area (Å²) in [6.45, 7) is -0.0842. The van der Waals surface area contributed by atoms with E-state index in [4.69, 9.17) is 4.74 Å². The standard InChI is InChI=1S/C26H20N4O4S/c31-22(27-17-11-9-16(10-12-17)23-28-19-6-2-4-8-21(19)35-23)15-30-24(32)26(29-25(30)33)13-14-34-20-7-3-1-5-18(20)26/h1-12H,13-15H2,(H,27,31)(H,29,33). The van der Waals surface area contributed by atoms with Crippen LogP contribution < -0.4 is 15.4 Å². The van der Waals surface area contributed by atoms with Crippen LogP contribution in [0, 0.1) is 0 Å². The third-order valence-electron chi connectivity index (χ3n) is 6.27. The zero-order valence-electron chi connectivity index (χ0n) is 18.5. The number of carbonyl (C=O) groups is 3. The van der Waals surface area contributed by atoms with E-state index in [0.29, 0.717) is 30.0 Å². The van der Waals surface area contributed by atoms with Crippen molar-refractivity contribution in [3.8, 4) is 16.3 Å². The molecule has 2 aliphatic rings. The van der Waals surface area contributed by atoms with Gasteiger partial charge in [-0.25, -0.2) is 9.78 Å². The number of thiazole rings is 1. The smallest absolute Gasteiger partial charge is 0.325 e. The highest BCUT2D eigenvalue weighted by atomic mass is 32.1. The topological polar surface area (TPSA) is 101 Å². The average Bonchev–Trinajstić information content (AvgIpc) is 3.40. The molecular formula is C26H20N4O4S. The number of benzene rings is 3. The number of fused-ring (bicyclic) bond motifs is 3. The SMILES string of the molecule is O=C(CN1C(=O)NC2(CCOc3ccccc32)C1=O)Nc1ccc(-c2nc3ccccc3s2)cc1. The number of hydrogen-bond donors (Lipinski definition) is 2. The summed E-state index contributed by atoms with van der Waals surface area (Å²) in [5.41, 5.74) is 1.86. The van der Waals surface area contributed by atoms with E-state index in [0.717, 1.165) is 25.7 Å². The normalized spacial score (nSPS) is 18.9. The maximum atomic E-state index is 13.3. The van der Waals surface area contributed by atoms with Crippen LogP contribution >= 0.6 is 11.3 Å². The molecule has 6 rings (SSSR count). The Morgan fingerprint density at radius 3 is 2.66 bits per heavy atom. The molecule has 4 amide bonds. The summed E-state index contributed by atoms with van der Waals surface area (Å²) in [6, 6.07) is 21.8. The summed E-state index contributed by atoms with van der Waals surface area (Å²) in [4.78, 5) is 44.4. The number of nitrogens with zero attached hydrogens (tertiary/aromatic N) is 2. The third-order valence-corrected chi connectivity index (χ3v) is 7.35. The van der Waals surface area contributed by atoms with Crippen LogP contribution in [-0.2, 0) is 15.1 Å². The van der Waals surface area contributed by atoms with Crippen LogP contribution in [0.3, 0.4) is 0 Å². The molecule has 2 aliphatic heterocycles. The highest BCUT2D eigenvalue weighted by molar-refractivity contribution is 7.21. The van der Waals surface area contributed by atoms with Crippen LogP contribution in [0.4, 0.5) is 10.5 Å². The van der Waals surface area contributed by atoms with Crippen molar-refractivity contribution in [2.75, 3.05) is 18.5 Å². The average molecular weight is 485 g/mol. The van der Waals surface area contributed by atoms with E-state index < -0.39 is 23.4 Å². The van der Waals surface area contributed by atoms with Gasteiger partial charge in [0.1, 0.15) is 17.3 Å². The molecule has 0 radical (unpaired) electrons. The quantitative estimate of drug-likeness (QED) is 0.424. The maximum Gasteiger partial charge on any atom is 0.325 e. The minimum atomic E-state index is -1.20. The van der Waals surface area contributed by atoms with Gasteiger partial charge in [0, 0.05) is 23.2 Å². The van der Waals surface area contributed by atoms with E-state index in [2.05, 4.69) is 15.6 Å². The molecule has 3 aromatic carbocycles. The highest BCUT2D eigenvalue weighted by Gasteiger charge is 2.55. The van der Waals surface area contributed by atoms with Crippen LogP contribution in [0.15, 0.2) is 72.8 Å². The van der Waals surface area contributed by atoms with Gasteiger partial charge in [0.25, 0.3) is 5.91 Å². The molecule has 8 nitrogen and oxygen atoms in total. The Balaban J connectivity index is 1.16. The minimum Gasteiger partial charge on any atom is -0.493 e. The lowest BCUT2D eigenvalue weighted by Crippen LogP contribution is -2.48. The highest BCUT2D eigenvalue weighted by Crippen LogP contribution is 2.41. The second kappa shape index (κ2) is 8.21. The molecule has 1 aromatic heterocycles. The first-order chi connectivity index (χ1) is 17.0. The number of rotatable bonds is 4. The summed E-state index contributed by atoms with van der Waals surface area (Å²) in [5, 5.41) is 6.47. The second-order valence-electron chi connectivity index (χ2n) is 8.43. The number of ether oxygens (including phenoxy) is 1. The number of nitrogens with one attached hydrogen (secondary N) is 2. The fraction of sp³-hybridized carbons (Fsp3) is 0.154. The Morgan fingerprint density at radius 2 is 1.83 bits per heavy atom. The lowest BCUT2D eigenvalue weighted by Gasteiger charge is -2.33. The Hall–Kier alpha value is -4.24. The summed E-state index contributed by atoms with van der Waals surface area (Å²) in [7, 11) is 0. The van der Waals surface area contributed by atoms with Crippen LogP contribution in [0.1, 0.15) is 12.0 Å². The monoisotopic (exact) mass is 484 g/mol. The molecule has 0 aliphatic carbocycles. The predicted molar refractivity (Wildman–Crippen MR) is 132 cm³/mol. The van der Waals surface area contributed by atoms with Gasteiger partial charge in [-0.05, 0) is 42.5 Å². The number of aromatic nitrogens is 1. The van der Waals surface area contributed by atoms with Crippen molar-refractivity contribution in [1.29, 1.82) is 0 Å². The fourth-order valence-electron chi connectivity index (χ4n) is 4.55. The molecule has 174 valence electrons. The van der Waals surface area contributed by atoms with Crippen molar-refractivity contribution in [3.05, 3.63) is 78.4 Å². The Labute approximate surface area is 204 Å². The van der Waals surface area contributed by atoms with Gasteiger partial charge in [-0.1, -0.05) is 30.3 Å². The van der Waals surface area contributed by atoms with Gasteiger partial charge in [-0.2, -0.15) is 0 Å². The van der Waals surface area contributed by atoms with Crippen molar-refractivity contribution in [2.24, 2.45) is 0 Å². The van der Waals surface area contributed by atoms with Crippen molar-refractivity contribution in [2.45, 2.75) is 12.0 Å². The van der Waals surface area contributed by atoms with Gasteiger partial charge in [0.05, 0.1) is 16.8 Å². The van der Waals surface area contributed by atoms with E-state index in [1.165, 1.54) is 0 Å². The molecule has 1 atom stereocenters. The molecule has 2 N–H and O–H groups in total. The van der Waals surface area contributed by atoms with Gasteiger partial charge < -0.3 is 15.4 Å². The van der Waals surface area contributed by atoms with E-state index in [1.807, 2.05) is 42.5 Å². The van der Waals surface area contributed by atoms with E-state index in [9.17, 15) is 14.4 Å². The van der Waals surface area contributed by atoms with Crippen molar-refractivity contribution >= 4 is 45.1 Å². The second-order valence-corrected chi connectivity index (χ2v) is 9.46. The van der Waals surface area contributed by atoms with E-state index in [1.54, 1.807) is 41.7 Å². The van der Waals surface area contributed by atoms with Crippen LogP contribution in [0.5, 0.6) is 5.75 Å².